The summed E-state index contributed by atoms with van der Waals surface area (Å²) in [4.78, 5) is 23.3. The molecule has 1 fully saturated rings. The molecule has 0 amide bonds. The molecule has 2 rings (SSSR count). The van der Waals surface area contributed by atoms with Crippen molar-refractivity contribution in [2.75, 3.05) is 19.0 Å². The predicted molar refractivity (Wildman–Crippen MR) is 83.3 cm³/mol. The van der Waals surface area contributed by atoms with Gasteiger partial charge in [0.2, 0.25) is 0 Å². The van der Waals surface area contributed by atoms with Crippen LogP contribution in [0.1, 0.15) is 32.6 Å². The number of methoxy groups -OCH3 is 1. The van der Waals surface area contributed by atoms with E-state index in [1.807, 2.05) is 0 Å². The molecule has 0 spiro atoms. The van der Waals surface area contributed by atoms with Gasteiger partial charge in [-0.25, -0.2) is 4.68 Å². The fourth-order valence-electron chi connectivity index (χ4n) is 2.39. The number of halogens is 1. The van der Waals surface area contributed by atoms with E-state index in [2.05, 4.69) is 38.0 Å². The molecule has 6 nitrogen and oxygen atoms in total. The van der Waals surface area contributed by atoms with Gasteiger partial charge in [0.1, 0.15) is 11.0 Å². The number of carbonyl (C=O) groups excluding carboxylic acids is 1. The molecule has 0 atom stereocenters. The Bertz CT molecular complexity index is 581. The fraction of sp³-hybridized carbons (Fsp3) is 0.643. The molecule has 1 saturated carbocycles. The summed E-state index contributed by atoms with van der Waals surface area (Å²) in [5.41, 5.74) is 0.712. The Balaban J connectivity index is 2.06. The maximum atomic E-state index is 12.1. The minimum Gasteiger partial charge on any atom is -0.468 e. The monoisotopic (exact) mass is 357 g/mol. The van der Waals surface area contributed by atoms with Gasteiger partial charge in [-0.05, 0) is 40.6 Å². The third-order valence-corrected chi connectivity index (χ3v) is 4.65. The lowest BCUT2D eigenvalue weighted by molar-refractivity contribution is -0.141. The lowest BCUT2D eigenvalue weighted by atomic mass is 10.0. The summed E-state index contributed by atoms with van der Waals surface area (Å²) in [6, 6.07) is 0. The van der Waals surface area contributed by atoms with Gasteiger partial charge in [0.05, 0.1) is 19.0 Å². The molecular formula is C14H20BrN3O3. The molecule has 21 heavy (non-hydrogen) atoms. The molecule has 0 bridgehead atoms. The molecular weight excluding hydrogens is 338 g/mol. The zero-order chi connectivity index (χ0) is 15.5. The van der Waals surface area contributed by atoms with Gasteiger partial charge in [-0.15, -0.1) is 0 Å². The van der Waals surface area contributed by atoms with E-state index >= 15 is 0 Å². The van der Waals surface area contributed by atoms with Crippen molar-refractivity contribution in [2.45, 2.75) is 39.2 Å². The van der Waals surface area contributed by atoms with Gasteiger partial charge in [-0.1, -0.05) is 13.3 Å². The van der Waals surface area contributed by atoms with Crippen LogP contribution >= 0.6 is 15.9 Å². The highest BCUT2D eigenvalue weighted by Gasteiger charge is 2.41. The van der Waals surface area contributed by atoms with E-state index < -0.39 is 5.97 Å². The Labute approximate surface area is 132 Å². The van der Waals surface area contributed by atoms with Crippen LogP contribution in [0.2, 0.25) is 0 Å². The Morgan fingerprint density at radius 2 is 2.29 bits per heavy atom. The number of carbonyl (C=O) groups is 1. The van der Waals surface area contributed by atoms with E-state index in [0.717, 1.165) is 11.2 Å². The molecule has 1 aromatic heterocycles. The Hall–Kier alpha value is -1.37. The number of nitrogens with zero attached hydrogens (tertiary/aromatic N) is 2. The van der Waals surface area contributed by atoms with Crippen LogP contribution in [0.4, 0.5) is 5.69 Å². The van der Waals surface area contributed by atoms with Gasteiger partial charge < -0.3 is 10.1 Å². The van der Waals surface area contributed by atoms with Crippen molar-refractivity contribution >= 4 is 27.6 Å². The second-order valence-electron chi connectivity index (χ2n) is 5.51. The second-order valence-corrected chi connectivity index (χ2v) is 6.31. The average molecular weight is 358 g/mol. The lowest BCUT2D eigenvalue weighted by Crippen LogP contribution is -2.29. The molecule has 1 aromatic rings. The molecule has 0 aromatic carbocycles. The van der Waals surface area contributed by atoms with Gasteiger partial charge >= 0.3 is 5.97 Å². The van der Waals surface area contributed by atoms with Crippen molar-refractivity contribution in [1.29, 1.82) is 0 Å². The van der Waals surface area contributed by atoms with Gasteiger partial charge in [0, 0.05) is 6.54 Å². The van der Waals surface area contributed by atoms with Crippen LogP contribution in [0.25, 0.3) is 0 Å². The zero-order valence-electron chi connectivity index (χ0n) is 12.3. The third kappa shape index (κ3) is 3.84. The average Bonchev–Trinajstić information content (AvgIpc) is 3.23. The van der Waals surface area contributed by atoms with E-state index in [1.54, 1.807) is 6.20 Å². The van der Waals surface area contributed by atoms with Crippen molar-refractivity contribution in [1.82, 2.24) is 9.78 Å². The first kappa shape index (κ1) is 16.0. The third-order valence-electron chi connectivity index (χ3n) is 3.88. The Morgan fingerprint density at radius 3 is 2.86 bits per heavy atom. The van der Waals surface area contributed by atoms with E-state index in [-0.39, 0.29) is 12.1 Å². The van der Waals surface area contributed by atoms with Gasteiger partial charge in [-0.3, -0.25) is 9.59 Å². The minimum absolute atomic E-state index is 0.187. The summed E-state index contributed by atoms with van der Waals surface area (Å²) in [5.74, 6) is -0.503. The van der Waals surface area contributed by atoms with Crippen LogP contribution in [0.15, 0.2) is 15.5 Å². The quantitative estimate of drug-likeness (QED) is 0.757. The summed E-state index contributed by atoms with van der Waals surface area (Å²) in [6.07, 6.45) is 6.40. The van der Waals surface area contributed by atoms with Crippen LogP contribution in [-0.2, 0) is 16.1 Å². The first-order valence-corrected chi connectivity index (χ1v) is 7.87. The smallest absolute Gasteiger partial charge is 0.327 e. The number of hydrogen-bond acceptors (Lipinski definition) is 5. The molecule has 1 N–H and O–H groups in total. The summed E-state index contributed by atoms with van der Waals surface area (Å²) in [6.45, 7) is 2.85. The largest absolute Gasteiger partial charge is 0.468 e. The van der Waals surface area contributed by atoms with Gasteiger partial charge in [0.15, 0.2) is 0 Å². The number of anilines is 1. The van der Waals surface area contributed by atoms with Crippen molar-refractivity contribution in [3.8, 4) is 0 Å². The molecule has 1 aliphatic rings. The van der Waals surface area contributed by atoms with Crippen LogP contribution in [0, 0.1) is 5.41 Å². The Kier molecular flexibility index (Phi) is 5.03. The van der Waals surface area contributed by atoms with E-state index in [9.17, 15) is 9.59 Å². The van der Waals surface area contributed by atoms with E-state index in [1.165, 1.54) is 32.8 Å². The number of rotatable bonds is 7. The second kappa shape index (κ2) is 6.60. The highest BCUT2D eigenvalue weighted by atomic mass is 79.9. The molecule has 0 saturated heterocycles. The highest BCUT2D eigenvalue weighted by molar-refractivity contribution is 9.10. The summed E-state index contributed by atoms with van der Waals surface area (Å²) in [7, 11) is 1.28. The molecule has 0 unspecified atom stereocenters. The number of aromatic nitrogens is 2. The molecule has 1 aliphatic carbocycles. The molecule has 1 heterocycles. The van der Waals surface area contributed by atoms with E-state index in [4.69, 9.17) is 0 Å². The lowest BCUT2D eigenvalue weighted by Gasteiger charge is -2.16. The number of esters is 1. The number of ether oxygens (including phenoxy) is 1. The summed E-state index contributed by atoms with van der Waals surface area (Å²) >= 11 is 3.28. The van der Waals surface area contributed by atoms with Crippen molar-refractivity contribution in [3.05, 3.63) is 21.0 Å². The van der Waals surface area contributed by atoms with Crippen LogP contribution < -0.4 is 10.9 Å². The predicted octanol–water partition coefficient (Wildman–Crippen LogP) is 2.17. The van der Waals surface area contributed by atoms with Gasteiger partial charge in [0.25, 0.3) is 5.56 Å². The topological polar surface area (TPSA) is 73.2 Å². The number of nitrogens with one attached hydrogen (secondary N) is 1. The maximum absolute atomic E-state index is 12.1. The SMILES string of the molecule is CCCC1(CNc2cnn(CC(=O)OC)c(=O)c2Br)CC1. The van der Waals surface area contributed by atoms with Crippen molar-refractivity contribution in [2.24, 2.45) is 5.41 Å². The first-order chi connectivity index (χ1) is 10.0. The summed E-state index contributed by atoms with van der Waals surface area (Å²) in [5, 5.41) is 7.30. The van der Waals surface area contributed by atoms with E-state index in [0.29, 0.717) is 15.6 Å². The minimum atomic E-state index is -0.503. The molecule has 7 heteroatoms. The standard InChI is InChI=1S/C14H20BrN3O3/c1-3-4-14(5-6-14)9-16-10-7-17-18(8-11(19)21-2)13(20)12(10)15/h7,16H,3-6,8-9H2,1-2H3. The molecule has 0 aliphatic heterocycles. The van der Waals surface area contributed by atoms with Crippen LogP contribution in [0.3, 0.4) is 0 Å². The van der Waals surface area contributed by atoms with Crippen LogP contribution in [0.5, 0.6) is 0 Å². The number of hydrogen-bond donors (Lipinski definition) is 1. The highest BCUT2D eigenvalue weighted by Crippen LogP contribution is 2.49. The fourth-order valence-corrected chi connectivity index (χ4v) is 2.84. The summed E-state index contributed by atoms with van der Waals surface area (Å²) < 4.78 is 6.02. The normalized spacial score (nSPS) is 15.6. The van der Waals surface area contributed by atoms with Crippen LogP contribution in [-0.4, -0.2) is 29.4 Å². The molecule has 116 valence electrons. The first-order valence-electron chi connectivity index (χ1n) is 7.07. The molecule has 0 radical (unpaired) electrons. The zero-order valence-corrected chi connectivity index (χ0v) is 13.9. The van der Waals surface area contributed by atoms with Crippen molar-refractivity contribution in [3.63, 3.8) is 0 Å². The Morgan fingerprint density at radius 1 is 1.57 bits per heavy atom. The maximum Gasteiger partial charge on any atom is 0.327 e. The van der Waals surface area contributed by atoms with Crippen molar-refractivity contribution < 1.29 is 9.53 Å². The van der Waals surface area contributed by atoms with Gasteiger partial charge in [-0.2, -0.15) is 5.10 Å².